The lowest BCUT2D eigenvalue weighted by atomic mass is 9.97. The summed E-state index contributed by atoms with van der Waals surface area (Å²) in [5.74, 6) is 0.838. The molecule has 0 amide bonds. The molecular formula is C14H14N2O3. The van der Waals surface area contributed by atoms with Crippen LogP contribution in [-0.4, -0.2) is 30.1 Å². The second kappa shape index (κ2) is 3.82. The van der Waals surface area contributed by atoms with Crippen LogP contribution in [0.25, 0.3) is 5.69 Å². The highest BCUT2D eigenvalue weighted by molar-refractivity contribution is 5.42. The van der Waals surface area contributed by atoms with Gasteiger partial charge in [0.15, 0.2) is 5.60 Å². The van der Waals surface area contributed by atoms with Crippen molar-refractivity contribution in [3.8, 4) is 11.4 Å². The lowest BCUT2D eigenvalue weighted by Crippen LogP contribution is -2.47. The summed E-state index contributed by atoms with van der Waals surface area (Å²) in [6.07, 6.45) is 1.88. The van der Waals surface area contributed by atoms with Crippen LogP contribution in [0.15, 0.2) is 30.5 Å². The molecule has 0 unspecified atom stereocenters. The van der Waals surface area contributed by atoms with Gasteiger partial charge in [-0.15, -0.1) is 0 Å². The predicted molar refractivity (Wildman–Crippen MR) is 67.4 cm³/mol. The van der Waals surface area contributed by atoms with E-state index in [2.05, 4.69) is 5.10 Å². The monoisotopic (exact) mass is 258 g/mol. The minimum absolute atomic E-state index is 0.286. The Bertz CT molecular complexity index is 614. The fourth-order valence-corrected chi connectivity index (χ4v) is 2.68. The number of methoxy groups -OCH3 is 1. The van der Waals surface area contributed by atoms with Crippen LogP contribution in [0.5, 0.6) is 5.75 Å². The van der Waals surface area contributed by atoms with Crippen molar-refractivity contribution >= 4 is 0 Å². The van der Waals surface area contributed by atoms with E-state index in [0.29, 0.717) is 19.8 Å². The summed E-state index contributed by atoms with van der Waals surface area (Å²) in [5.41, 5.74) is 3.01. The average Bonchev–Trinajstić information content (AvgIpc) is 2.97. The number of hydrogen-bond acceptors (Lipinski definition) is 4. The molecule has 19 heavy (non-hydrogen) atoms. The van der Waals surface area contributed by atoms with Crippen LogP contribution in [0.4, 0.5) is 0 Å². The minimum atomic E-state index is -0.286. The minimum Gasteiger partial charge on any atom is -0.497 e. The zero-order chi connectivity index (χ0) is 12.9. The highest BCUT2D eigenvalue weighted by atomic mass is 16.6. The maximum Gasteiger partial charge on any atom is 0.157 e. The van der Waals surface area contributed by atoms with Crippen LogP contribution in [0.2, 0.25) is 0 Å². The number of rotatable bonds is 2. The van der Waals surface area contributed by atoms with Gasteiger partial charge in [-0.05, 0) is 24.3 Å². The van der Waals surface area contributed by atoms with Gasteiger partial charge in [-0.1, -0.05) is 0 Å². The number of nitrogens with zero attached hydrogens (tertiary/aromatic N) is 2. The Hall–Kier alpha value is -1.85. The van der Waals surface area contributed by atoms with Gasteiger partial charge in [-0.2, -0.15) is 5.10 Å². The van der Waals surface area contributed by atoms with Crippen LogP contribution in [0.1, 0.15) is 11.3 Å². The van der Waals surface area contributed by atoms with E-state index >= 15 is 0 Å². The van der Waals surface area contributed by atoms with E-state index in [1.54, 1.807) is 7.11 Å². The van der Waals surface area contributed by atoms with Crippen molar-refractivity contribution in [3.05, 3.63) is 41.7 Å². The van der Waals surface area contributed by atoms with Crippen LogP contribution in [0, 0.1) is 0 Å². The number of aromatic nitrogens is 2. The summed E-state index contributed by atoms with van der Waals surface area (Å²) in [7, 11) is 1.66. The van der Waals surface area contributed by atoms with Crippen molar-refractivity contribution in [1.82, 2.24) is 9.78 Å². The third-order valence-corrected chi connectivity index (χ3v) is 3.77. The van der Waals surface area contributed by atoms with Crippen LogP contribution >= 0.6 is 0 Å². The standard InChI is InChI=1S/C14H14N2O3/c1-17-12-4-2-11(3-5-12)16-13-10(6-15-16)7-19-14(13)8-18-9-14/h2-6H,7-9H2,1H3. The Balaban J connectivity index is 1.80. The summed E-state index contributed by atoms with van der Waals surface area (Å²) in [6, 6.07) is 7.86. The van der Waals surface area contributed by atoms with E-state index in [0.717, 1.165) is 22.7 Å². The van der Waals surface area contributed by atoms with Gasteiger partial charge in [-0.25, -0.2) is 4.68 Å². The topological polar surface area (TPSA) is 45.5 Å². The zero-order valence-corrected chi connectivity index (χ0v) is 10.6. The Kier molecular flexibility index (Phi) is 2.22. The maximum atomic E-state index is 5.88. The molecular weight excluding hydrogens is 244 g/mol. The first-order chi connectivity index (χ1) is 9.32. The highest BCUT2D eigenvalue weighted by Crippen LogP contribution is 2.42. The van der Waals surface area contributed by atoms with E-state index in [9.17, 15) is 0 Å². The van der Waals surface area contributed by atoms with Gasteiger partial charge >= 0.3 is 0 Å². The summed E-state index contributed by atoms with van der Waals surface area (Å²) < 4.78 is 18.3. The van der Waals surface area contributed by atoms with E-state index in [1.807, 2.05) is 35.1 Å². The summed E-state index contributed by atoms with van der Waals surface area (Å²) in [4.78, 5) is 0. The molecule has 1 aromatic heterocycles. The van der Waals surface area contributed by atoms with Crippen LogP contribution < -0.4 is 4.74 Å². The highest BCUT2D eigenvalue weighted by Gasteiger charge is 2.50. The smallest absolute Gasteiger partial charge is 0.157 e. The molecule has 5 nitrogen and oxygen atoms in total. The van der Waals surface area contributed by atoms with Crippen LogP contribution in [-0.2, 0) is 21.7 Å². The summed E-state index contributed by atoms with van der Waals surface area (Å²) in [5, 5.41) is 4.48. The number of ether oxygens (including phenoxy) is 3. The van der Waals surface area contributed by atoms with Gasteiger partial charge in [-0.3, -0.25) is 0 Å². The molecule has 98 valence electrons. The lowest BCUT2D eigenvalue weighted by Gasteiger charge is -2.37. The zero-order valence-electron chi connectivity index (χ0n) is 10.6. The van der Waals surface area contributed by atoms with Crippen molar-refractivity contribution in [2.75, 3.05) is 20.3 Å². The molecule has 1 aromatic carbocycles. The van der Waals surface area contributed by atoms with Gasteiger partial charge < -0.3 is 14.2 Å². The van der Waals surface area contributed by atoms with E-state index in [-0.39, 0.29) is 5.60 Å². The van der Waals surface area contributed by atoms with E-state index < -0.39 is 0 Å². The summed E-state index contributed by atoms with van der Waals surface area (Å²) >= 11 is 0. The molecule has 1 fully saturated rings. The molecule has 0 N–H and O–H groups in total. The molecule has 3 heterocycles. The second-order valence-corrected chi connectivity index (χ2v) is 4.90. The quantitative estimate of drug-likeness (QED) is 0.821. The van der Waals surface area contributed by atoms with E-state index in [1.165, 1.54) is 0 Å². The fraction of sp³-hybridized carbons (Fsp3) is 0.357. The first-order valence-electron chi connectivity index (χ1n) is 6.26. The molecule has 1 saturated heterocycles. The molecule has 2 aromatic rings. The molecule has 0 atom stereocenters. The predicted octanol–water partition coefficient (Wildman–Crippen LogP) is 1.64. The number of fused-ring (bicyclic) bond motifs is 2. The number of benzene rings is 1. The molecule has 1 spiro atoms. The maximum absolute atomic E-state index is 5.88. The van der Waals surface area contributed by atoms with Crippen LogP contribution in [0.3, 0.4) is 0 Å². The SMILES string of the molecule is COc1ccc(-n2ncc3c2C2(COC2)OC3)cc1. The molecule has 2 aliphatic heterocycles. The van der Waals surface area contributed by atoms with Gasteiger partial charge in [0.2, 0.25) is 0 Å². The van der Waals surface area contributed by atoms with Crippen molar-refractivity contribution < 1.29 is 14.2 Å². The van der Waals surface area contributed by atoms with Crippen molar-refractivity contribution in [3.63, 3.8) is 0 Å². The van der Waals surface area contributed by atoms with Crippen molar-refractivity contribution in [1.29, 1.82) is 0 Å². The molecule has 4 rings (SSSR count). The third-order valence-electron chi connectivity index (χ3n) is 3.77. The van der Waals surface area contributed by atoms with Crippen molar-refractivity contribution in [2.45, 2.75) is 12.2 Å². The molecule has 0 saturated carbocycles. The first-order valence-corrected chi connectivity index (χ1v) is 6.26. The normalized spacial score (nSPS) is 19.2. The van der Waals surface area contributed by atoms with Gasteiger partial charge in [0, 0.05) is 5.56 Å². The second-order valence-electron chi connectivity index (χ2n) is 4.90. The van der Waals surface area contributed by atoms with Gasteiger partial charge in [0.25, 0.3) is 0 Å². The summed E-state index contributed by atoms with van der Waals surface area (Å²) in [6.45, 7) is 1.85. The molecule has 0 aliphatic carbocycles. The fourth-order valence-electron chi connectivity index (χ4n) is 2.68. The van der Waals surface area contributed by atoms with Gasteiger partial charge in [0.05, 0.1) is 44.5 Å². The largest absolute Gasteiger partial charge is 0.497 e. The molecule has 5 heteroatoms. The Labute approximate surface area is 110 Å². The average molecular weight is 258 g/mol. The Morgan fingerprint density at radius 3 is 2.68 bits per heavy atom. The lowest BCUT2D eigenvalue weighted by molar-refractivity contribution is -0.212. The molecule has 0 bridgehead atoms. The third kappa shape index (κ3) is 1.45. The first kappa shape index (κ1) is 11.0. The Morgan fingerprint density at radius 1 is 1.26 bits per heavy atom. The van der Waals surface area contributed by atoms with E-state index in [4.69, 9.17) is 14.2 Å². The van der Waals surface area contributed by atoms with Gasteiger partial charge in [0.1, 0.15) is 5.75 Å². The Morgan fingerprint density at radius 2 is 2.05 bits per heavy atom. The number of hydrogen-bond donors (Lipinski definition) is 0. The molecule has 0 radical (unpaired) electrons. The molecule has 2 aliphatic rings. The van der Waals surface area contributed by atoms with Crippen molar-refractivity contribution in [2.24, 2.45) is 0 Å².